The summed E-state index contributed by atoms with van der Waals surface area (Å²) in [5, 5.41) is 11.2. The van der Waals surface area contributed by atoms with E-state index in [2.05, 4.69) is 11.2 Å². The van der Waals surface area contributed by atoms with Crippen molar-refractivity contribution in [3.8, 4) is 12.3 Å². The summed E-state index contributed by atoms with van der Waals surface area (Å²) in [5.41, 5.74) is -2.17. The van der Waals surface area contributed by atoms with Gasteiger partial charge in [0.25, 0.3) is 5.91 Å². The largest absolute Gasteiger partial charge is 0.478 e. The molecule has 0 radical (unpaired) electrons. The van der Waals surface area contributed by atoms with Gasteiger partial charge in [-0.25, -0.2) is 13.6 Å². The third kappa shape index (κ3) is 3.28. The number of carbonyl (C=O) groups is 2. The second-order valence-electron chi connectivity index (χ2n) is 4.34. The number of terminal acetylenes is 1. The summed E-state index contributed by atoms with van der Waals surface area (Å²) >= 11 is 0. The molecule has 2 N–H and O–H groups in total. The van der Waals surface area contributed by atoms with Crippen molar-refractivity contribution in [2.75, 3.05) is 0 Å². The Labute approximate surface area is 108 Å². The van der Waals surface area contributed by atoms with E-state index in [1.165, 1.54) is 13.8 Å². The second-order valence-corrected chi connectivity index (χ2v) is 4.34. The number of rotatable bonds is 3. The molecule has 0 atom stereocenters. The van der Waals surface area contributed by atoms with Gasteiger partial charge in [-0.15, -0.1) is 6.42 Å². The van der Waals surface area contributed by atoms with Crippen LogP contribution in [0, 0.1) is 24.0 Å². The Kier molecular flexibility index (Phi) is 3.90. The van der Waals surface area contributed by atoms with E-state index < -0.39 is 40.2 Å². The van der Waals surface area contributed by atoms with E-state index in [0.29, 0.717) is 12.1 Å². The van der Waals surface area contributed by atoms with Gasteiger partial charge in [-0.3, -0.25) is 4.79 Å². The quantitative estimate of drug-likeness (QED) is 0.821. The topological polar surface area (TPSA) is 66.4 Å². The molecule has 0 aromatic heterocycles. The predicted octanol–water partition coefficient (Wildman–Crippen LogP) is 1.80. The molecule has 19 heavy (non-hydrogen) atoms. The summed E-state index contributed by atoms with van der Waals surface area (Å²) in [7, 11) is 0. The Bertz CT molecular complexity index is 588. The van der Waals surface area contributed by atoms with E-state index in [1.807, 2.05) is 0 Å². The summed E-state index contributed by atoms with van der Waals surface area (Å²) in [4.78, 5) is 22.8. The van der Waals surface area contributed by atoms with Crippen molar-refractivity contribution in [1.82, 2.24) is 5.32 Å². The highest BCUT2D eigenvalue weighted by atomic mass is 19.2. The molecule has 1 rings (SSSR count). The lowest BCUT2D eigenvalue weighted by Gasteiger charge is -2.20. The van der Waals surface area contributed by atoms with Crippen LogP contribution < -0.4 is 5.32 Å². The first-order valence-corrected chi connectivity index (χ1v) is 5.20. The van der Waals surface area contributed by atoms with Crippen LogP contribution in [-0.2, 0) is 0 Å². The Balaban J connectivity index is 3.27. The van der Waals surface area contributed by atoms with E-state index >= 15 is 0 Å². The van der Waals surface area contributed by atoms with Crippen molar-refractivity contribution < 1.29 is 23.5 Å². The van der Waals surface area contributed by atoms with E-state index in [-0.39, 0.29) is 0 Å². The number of halogens is 2. The number of nitrogens with one attached hydrogen (secondary N) is 1. The number of carbonyl (C=O) groups excluding carboxylic acids is 1. The molecule has 6 heteroatoms. The molecular weight excluding hydrogens is 256 g/mol. The third-order valence-corrected chi connectivity index (χ3v) is 2.32. The van der Waals surface area contributed by atoms with E-state index in [4.69, 9.17) is 11.5 Å². The van der Waals surface area contributed by atoms with Crippen molar-refractivity contribution in [3.05, 3.63) is 34.9 Å². The van der Waals surface area contributed by atoms with E-state index in [9.17, 15) is 18.4 Å². The third-order valence-electron chi connectivity index (χ3n) is 2.32. The minimum atomic E-state index is -1.54. The summed E-state index contributed by atoms with van der Waals surface area (Å²) in [6.07, 6.45) is 5.17. The van der Waals surface area contributed by atoms with Crippen LogP contribution in [0.2, 0.25) is 0 Å². The highest BCUT2D eigenvalue weighted by molar-refractivity contribution is 6.05. The van der Waals surface area contributed by atoms with Crippen molar-refractivity contribution in [3.63, 3.8) is 0 Å². The number of hydrogen-bond donors (Lipinski definition) is 2. The van der Waals surface area contributed by atoms with Gasteiger partial charge in [0.05, 0.1) is 16.7 Å². The van der Waals surface area contributed by atoms with Gasteiger partial charge >= 0.3 is 5.97 Å². The summed E-state index contributed by atoms with van der Waals surface area (Å²) in [5.74, 6) is -2.81. The standard InChI is InChI=1S/C13H11F2NO3/c1-4-13(2,3)16-11(17)7-5-9(14)10(15)6-8(7)12(18)19/h1,5-6H,2-3H3,(H,16,17)(H,18,19). The van der Waals surface area contributed by atoms with Crippen LogP contribution in [0.4, 0.5) is 8.78 Å². The van der Waals surface area contributed by atoms with Gasteiger partial charge in [-0.2, -0.15) is 0 Å². The maximum atomic E-state index is 13.1. The summed E-state index contributed by atoms with van der Waals surface area (Å²) in [6.45, 7) is 3.01. The molecule has 0 unspecified atom stereocenters. The minimum Gasteiger partial charge on any atom is -0.478 e. The molecule has 1 amide bonds. The first kappa shape index (κ1) is 14.6. The highest BCUT2D eigenvalue weighted by Gasteiger charge is 2.24. The average molecular weight is 267 g/mol. The molecule has 0 spiro atoms. The van der Waals surface area contributed by atoms with E-state index in [1.54, 1.807) is 0 Å². The van der Waals surface area contributed by atoms with Crippen LogP contribution >= 0.6 is 0 Å². The van der Waals surface area contributed by atoms with Crippen LogP contribution in [0.15, 0.2) is 12.1 Å². The smallest absolute Gasteiger partial charge is 0.336 e. The lowest BCUT2D eigenvalue weighted by Crippen LogP contribution is -2.42. The summed E-state index contributed by atoms with van der Waals surface area (Å²) in [6, 6.07) is 0.982. The minimum absolute atomic E-state index is 0.454. The Morgan fingerprint density at radius 2 is 1.74 bits per heavy atom. The predicted molar refractivity (Wildman–Crippen MR) is 63.7 cm³/mol. The number of benzene rings is 1. The first-order chi connectivity index (χ1) is 8.68. The second kappa shape index (κ2) is 5.06. The molecule has 0 fully saturated rings. The molecule has 0 aliphatic rings. The number of carboxylic acids is 1. The van der Waals surface area contributed by atoms with Gasteiger partial charge in [-0.05, 0) is 26.0 Å². The molecular formula is C13H11F2NO3. The molecule has 1 aromatic carbocycles. The van der Waals surface area contributed by atoms with Gasteiger partial charge in [0.15, 0.2) is 11.6 Å². The highest BCUT2D eigenvalue weighted by Crippen LogP contribution is 2.16. The zero-order chi connectivity index (χ0) is 14.8. The molecule has 100 valence electrons. The zero-order valence-corrected chi connectivity index (χ0v) is 10.3. The van der Waals surface area contributed by atoms with Gasteiger partial charge in [0.2, 0.25) is 0 Å². The molecule has 0 heterocycles. The van der Waals surface area contributed by atoms with E-state index in [0.717, 1.165) is 0 Å². The fraction of sp³-hybridized carbons (Fsp3) is 0.231. The molecule has 0 aliphatic heterocycles. The Hall–Kier alpha value is -2.42. The maximum absolute atomic E-state index is 13.1. The van der Waals surface area contributed by atoms with Crippen LogP contribution in [0.5, 0.6) is 0 Å². The molecule has 0 saturated carbocycles. The maximum Gasteiger partial charge on any atom is 0.336 e. The number of carboxylic acid groups (broad SMARTS) is 1. The van der Waals surface area contributed by atoms with Crippen molar-refractivity contribution in [1.29, 1.82) is 0 Å². The van der Waals surface area contributed by atoms with Crippen molar-refractivity contribution in [2.45, 2.75) is 19.4 Å². The SMILES string of the molecule is C#CC(C)(C)NC(=O)c1cc(F)c(F)cc1C(=O)O. The average Bonchev–Trinajstić information content (AvgIpc) is 2.31. The van der Waals surface area contributed by atoms with Crippen LogP contribution in [0.1, 0.15) is 34.6 Å². The van der Waals surface area contributed by atoms with Crippen molar-refractivity contribution in [2.24, 2.45) is 0 Å². The molecule has 4 nitrogen and oxygen atoms in total. The molecule has 1 aromatic rings. The monoisotopic (exact) mass is 267 g/mol. The fourth-order valence-corrected chi connectivity index (χ4v) is 1.30. The van der Waals surface area contributed by atoms with Gasteiger partial charge in [0.1, 0.15) is 0 Å². The van der Waals surface area contributed by atoms with Gasteiger partial charge < -0.3 is 10.4 Å². The number of hydrogen-bond acceptors (Lipinski definition) is 2. The van der Waals surface area contributed by atoms with Gasteiger partial charge in [0, 0.05) is 0 Å². The number of amides is 1. The first-order valence-electron chi connectivity index (χ1n) is 5.20. The molecule has 0 bridgehead atoms. The fourth-order valence-electron chi connectivity index (χ4n) is 1.30. The normalized spacial score (nSPS) is 10.7. The van der Waals surface area contributed by atoms with Gasteiger partial charge in [-0.1, -0.05) is 5.92 Å². The van der Waals surface area contributed by atoms with Crippen LogP contribution in [0.25, 0.3) is 0 Å². The number of aromatic carboxylic acids is 1. The molecule has 0 saturated heterocycles. The lowest BCUT2D eigenvalue weighted by atomic mass is 10.0. The van der Waals surface area contributed by atoms with Crippen LogP contribution in [0.3, 0.4) is 0 Å². The Morgan fingerprint density at radius 1 is 1.26 bits per heavy atom. The van der Waals surface area contributed by atoms with Crippen molar-refractivity contribution >= 4 is 11.9 Å². The van der Waals surface area contributed by atoms with Crippen LogP contribution in [-0.4, -0.2) is 22.5 Å². The zero-order valence-electron chi connectivity index (χ0n) is 10.3. The summed E-state index contributed by atoms with van der Waals surface area (Å²) < 4.78 is 26.1. The lowest BCUT2D eigenvalue weighted by molar-refractivity contribution is 0.0689. The molecule has 0 aliphatic carbocycles. The Morgan fingerprint density at radius 3 is 2.16 bits per heavy atom.